The van der Waals surface area contributed by atoms with Crippen LogP contribution in [0.1, 0.15) is 28.4 Å². The number of nitrogens with zero attached hydrogens (tertiary/aromatic N) is 2. The number of furan rings is 1. The van der Waals surface area contributed by atoms with Crippen molar-refractivity contribution in [1.82, 2.24) is 14.8 Å². The van der Waals surface area contributed by atoms with Gasteiger partial charge in [0.25, 0.3) is 5.91 Å². The smallest absolute Gasteiger partial charge is 0.256 e. The Morgan fingerprint density at radius 1 is 1.12 bits per heavy atom. The molecule has 0 aliphatic carbocycles. The van der Waals surface area contributed by atoms with E-state index in [0.29, 0.717) is 5.39 Å². The van der Waals surface area contributed by atoms with Crippen LogP contribution in [0.3, 0.4) is 0 Å². The number of carbonyl (C=O) groups is 1. The summed E-state index contributed by atoms with van der Waals surface area (Å²) in [5.41, 5.74) is 2.89. The maximum atomic E-state index is 12.8. The van der Waals surface area contributed by atoms with E-state index in [4.69, 9.17) is 9.15 Å². The number of fused-ring (bicyclic) bond motifs is 1. The predicted molar refractivity (Wildman–Crippen MR) is 132 cm³/mol. The average Bonchev–Trinajstić information content (AvgIpc) is 3.33. The fourth-order valence-electron chi connectivity index (χ4n) is 3.99. The van der Waals surface area contributed by atoms with Crippen LogP contribution < -0.4 is 15.5 Å². The van der Waals surface area contributed by atoms with E-state index < -0.39 is 5.91 Å². The second kappa shape index (κ2) is 10.4. The zero-order valence-electron chi connectivity index (χ0n) is 19.7. The van der Waals surface area contributed by atoms with Gasteiger partial charge in [0.15, 0.2) is 0 Å². The molecule has 4 aromatic rings. The summed E-state index contributed by atoms with van der Waals surface area (Å²) >= 11 is 0. The lowest BCUT2D eigenvalue weighted by molar-refractivity contribution is 0.0930. The van der Waals surface area contributed by atoms with Crippen LogP contribution in [0.4, 0.5) is 0 Å². The minimum atomic E-state index is -0.406. The maximum absolute atomic E-state index is 12.8. The standard InChI is InChI=1S/C27H29N3O4/c1-19(14-28-27(32)24-17-30(3)25-10-5-4-9-23(25)26(24)31)34-22-8-6-7-20(13-22)15-29(2)16-21-11-12-33-18-21/h4-13,17-19H,14-16H2,1-3H3,(H,28,32)/t19-/m1/s1. The van der Waals surface area contributed by atoms with Gasteiger partial charge >= 0.3 is 0 Å². The van der Waals surface area contributed by atoms with E-state index in [1.54, 1.807) is 35.4 Å². The van der Waals surface area contributed by atoms with Crippen molar-refractivity contribution in [2.24, 2.45) is 7.05 Å². The van der Waals surface area contributed by atoms with E-state index in [0.717, 1.165) is 35.5 Å². The molecule has 0 radical (unpaired) electrons. The van der Waals surface area contributed by atoms with Crippen LogP contribution in [-0.4, -0.2) is 35.1 Å². The summed E-state index contributed by atoms with van der Waals surface area (Å²) in [6.45, 7) is 3.72. The van der Waals surface area contributed by atoms with Gasteiger partial charge in [-0.25, -0.2) is 0 Å². The largest absolute Gasteiger partial charge is 0.489 e. The summed E-state index contributed by atoms with van der Waals surface area (Å²) in [6.07, 6.45) is 4.73. The summed E-state index contributed by atoms with van der Waals surface area (Å²) in [5.74, 6) is 0.328. The Morgan fingerprint density at radius 3 is 2.71 bits per heavy atom. The van der Waals surface area contributed by atoms with Crippen LogP contribution in [0.15, 0.2) is 82.5 Å². The Kier molecular flexibility index (Phi) is 7.13. The SMILES string of the molecule is C[C@H](CNC(=O)c1cn(C)c2ccccc2c1=O)Oc1cccc(CN(C)Cc2ccoc2)c1. The molecule has 0 saturated heterocycles. The van der Waals surface area contributed by atoms with Gasteiger partial charge in [-0.05, 0) is 49.9 Å². The number of ether oxygens (including phenoxy) is 1. The van der Waals surface area contributed by atoms with Crippen LogP contribution in [0.25, 0.3) is 10.9 Å². The van der Waals surface area contributed by atoms with Gasteiger partial charge in [-0.3, -0.25) is 14.5 Å². The molecule has 176 valence electrons. The van der Waals surface area contributed by atoms with Crippen molar-refractivity contribution in [1.29, 1.82) is 0 Å². The summed E-state index contributed by atoms with van der Waals surface area (Å²) < 4.78 is 12.9. The van der Waals surface area contributed by atoms with E-state index in [2.05, 4.69) is 23.3 Å². The number of nitrogens with one attached hydrogen (secondary N) is 1. The lowest BCUT2D eigenvalue weighted by Crippen LogP contribution is -2.36. The molecule has 0 bridgehead atoms. The molecule has 1 atom stereocenters. The molecule has 2 heterocycles. The van der Waals surface area contributed by atoms with Crippen molar-refractivity contribution in [3.63, 3.8) is 0 Å². The number of pyridine rings is 1. The number of hydrogen-bond donors (Lipinski definition) is 1. The molecule has 0 unspecified atom stereocenters. The molecule has 0 spiro atoms. The third-order valence-corrected chi connectivity index (χ3v) is 5.61. The molecule has 0 aliphatic rings. The first kappa shape index (κ1) is 23.3. The molecule has 4 rings (SSSR count). The maximum Gasteiger partial charge on any atom is 0.256 e. The van der Waals surface area contributed by atoms with Crippen molar-refractivity contribution in [3.8, 4) is 5.75 Å². The van der Waals surface area contributed by atoms with Crippen LogP contribution in [0.5, 0.6) is 5.75 Å². The second-order valence-electron chi connectivity index (χ2n) is 8.59. The van der Waals surface area contributed by atoms with Crippen LogP contribution in [0, 0.1) is 0 Å². The molecule has 7 heteroatoms. The summed E-state index contributed by atoms with van der Waals surface area (Å²) in [7, 11) is 3.87. The molecular formula is C27H29N3O4. The highest BCUT2D eigenvalue weighted by Gasteiger charge is 2.15. The molecule has 1 N–H and O–H groups in total. The fraction of sp³-hybridized carbons (Fsp3) is 0.259. The van der Waals surface area contributed by atoms with Gasteiger partial charge in [0.1, 0.15) is 17.4 Å². The lowest BCUT2D eigenvalue weighted by atomic mass is 10.1. The average molecular weight is 460 g/mol. The molecular weight excluding hydrogens is 430 g/mol. The van der Waals surface area contributed by atoms with Gasteiger partial charge < -0.3 is 19.0 Å². The topological polar surface area (TPSA) is 76.7 Å². The quantitative estimate of drug-likeness (QED) is 0.410. The monoisotopic (exact) mass is 459 g/mol. The molecule has 2 aromatic carbocycles. The van der Waals surface area contributed by atoms with Gasteiger partial charge in [0.05, 0.1) is 24.6 Å². The summed E-state index contributed by atoms with van der Waals surface area (Å²) in [5, 5.41) is 3.35. The Hall–Kier alpha value is -3.84. The third kappa shape index (κ3) is 5.55. The third-order valence-electron chi connectivity index (χ3n) is 5.61. The number of rotatable bonds is 9. The Labute approximate surface area is 198 Å². The first-order chi connectivity index (χ1) is 16.4. The van der Waals surface area contributed by atoms with E-state index in [9.17, 15) is 9.59 Å². The first-order valence-corrected chi connectivity index (χ1v) is 11.2. The highest BCUT2D eigenvalue weighted by molar-refractivity contribution is 5.97. The van der Waals surface area contributed by atoms with Crippen molar-refractivity contribution in [2.45, 2.75) is 26.1 Å². The van der Waals surface area contributed by atoms with Gasteiger partial charge in [-0.2, -0.15) is 0 Å². The highest BCUT2D eigenvalue weighted by atomic mass is 16.5. The van der Waals surface area contributed by atoms with Crippen molar-refractivity contribution >= 4 is 16.8 Å². The van der Waals surface area contributed by atoms with Crippen molar-refractivity contribution in [3.05, 3.63) is 100 Å². The number of aromatic nitrogens is 1. The summed E-state index contributed by atoms with van der Waals surface area (Å²) in [6, 6.07) is 17.1. The molecule has 0 aliphatic heterocycles. The number of carbonyl (C=O) groups excluding carboxylic acids is 1. The molecule has 34 heavy (non-hydrogen) atoms. The second-order valence-corrected chi connectivity index (χ2v) is 8.59. The molecule has 0 fully saturated rings. The number of amides is 1. The van der Waals surface area contributed by atoms with Crippen LogP contribution in [0.2, 0.25) is 0 Å². The lowest BCUT2D eigenvalue weighted by Gasteiger charge is -2.18. The fourth-order valence-corrected chi connectivity index (χ4v) is 3.99. The zero-order valence-corrected chi connectivity index (χ0v) is 19.7. The van der Waals surface area contributed by atoms with E-state index in [1.807, 2.05) is 50.4 Å². The van der Waals surface area contributed by atoms with E-state index in [1.165, 1.54) is 0 Å². The number of para-hydroxylation sites is 1. The Balaban J connectivity index is 1.34. The van der Waals surface area contributed by atoms with Gasteiger partial charge in [0.2, 0.25) is 5.43 Å². The predicted octanol–water partition coefficient (Wildman–Crippen LogP) is 3.96. The molecule has 0 saturated carbocycles. The number of hydrogen-bond acceptors (Lipinski definition) is 5. The Bertz CT molecular complexity index is 1330. The van der Waals surface area contributed by atoms with Crippen LogP contribution in [-0.2, 0) is 20.1 Å². The minimum absolute atomic E-state index is 0.121. The number of aryl methyl sites for hydroxylation is 1. The normalized spacial score (nSPS) is 12.1. The van der Waals surface area contributed by atoms with Gasteiger partial charge in [-0.1, -0.05) is 24.3 Å². The highest BCUT2D eigenvalue weighted by Crippen LogP contribution is 2.17. The van der Waals surface area contributed by atoms with Gasteiger partial charge in [-0.15, -0.1) is 0 Å². The molecule has 2 aromatic heterocycles. The van der Waals surface area contributed by atoms with E-state index >= 15 is 0 Å². The first-order valence-electron chi connectivity index (χ1n) is 11.2. The Morgan fingerprint density at radius 2 is 1.91 bits per heavy atom. The minimum Gasteiger partial charge on any atom is -0.489 e. The zero-order chi connectivity index (χ0) is 24.1. The number of benzene rings is 2. The summed E-state index contributed by atoms with van der Waals surface area (Å²) in [4.78, 5) is 27.7. The van der Waals surface area contributed by atoms with Crippen molar-refractivity contribution in [2.75, 3.05) is 13.6 Å². The van der Waals surface area contributed by atoms with Gasteiger partial charge in [0, 0.05) is 37.3 Å². The molecule has 7 nitrogen and oxygen atoms in total. The van der Waals surface area contributed by atoms with E-state index in [-0.39, 0.29) is 23.6 Å². The van der Waals surface area contributed by atoms with Crippen molar-refractivity contribution < 1.29 is 13.9 Å². The van der Waals surface area contributed by atoms with Crippen LogP contribution >= 0.6 is 0 Å². The molecule has 1 amide bonds.